The van der Waals surface area contributed by atoms with Crippen LogP contribution in [-0.2, 0) is 20.0 Å². The monoisotopic (exact) mass is 289 g/mol. The van der Waals surface area contributed by atoms with Crippen LogP contribution in [0.1, 0.15) is 17.2 Å². The summed E-state index contributed by atoms with van der Waals surface area (Å²) in [6, 6.07) is 6.44. The molecule has 3 rings (SSSR count). The van der Waals surface area contributed by atoms with Gasteiger partial charge in [0.1, 0.15) is 5.82 Å². The molecule has 0 aliphatic rings. The Hall–Kier alpha value is -2.84. The molecule has 2 aromatic heterocycles. The van der Waals surface area contributed by atoms with Gasteiger partial charge in [0.15, 0.2) is 11.6 Å². The lowest BCUT2D eigenvalue weighted by Gasteiger charge is -1.96. The van der Waals surface area contributed by atoms with Gasteiger partial charge in [0.05, 0.1) is 13.6 Å². The van der Waals surface area contributed by atoms with E-state index in [2.05, 4.69) is 30.9 Å². The second-order valence-electron chi connectivity index (χ2n) is 4.37. The fourth-order valence-corrected chi connectivity index (χ4v) is 1.73. The first kappa shape index (κ1) is 13.2. The highest BCUT2D eigenvalue weighted by molar-refractivity contribution is 5.23. The second-order valence-corrected chi connectivity index (χ2v) is 4.37. The Kier molecular flexibility index (Phi) is 3.54. The van der Waals surface area contributed by atoms with Gasteiger partial charge in [-0.15, -0.1) is 10.2 Å². The molecule has 9 heteroatoms. The lowest BCUT2D eigenvalue weighted by Crippen LogP contribution is -2.02. The largest absolute Gasteiger partial charge is 0.330 e. The number of nitrogens with zero attached hydrogens (tertiary/aromatic N) is 6. The van der Waals surface area contributed by atoms with Crippen molar-refractivity contribution in [2.24, 2.45) is 7.05 Å². The first-order valence-electron chi connectivity index (χ1n) is 6.23. The number of rotatable bonds is 5. The maximum Gasteiger partial charge on any atom is 0.321 e. The first-order valence-corrected chi connectivity index (χ1v) is 6.23. The van der Waals surface area contributed by atoms with Crippen LogP contribution in [0.3, 0.4) is 0 Å². The van der Waals surface area contributed by atoms with Crippen molar-refractivity contribution < 1.29 is 8.91 Å². The third-order valence-corrected chi connectivity index (χ3v) is 2.69. The third-order valence-electron chi connectivity index (χ3n) is 2.69. The van der Waals surface area contributed by atoms with E-state index in [1.165, 1.54) is 16.9 Å². The Balaban J connectivity index is 1.59. The molecule has 0 saturated heterocycles. The van der Waals surface area contributed by atoms with Crippen molar-refractivity contribution >= 4 is 6.01 Å². The van der Waals surface area contributed by atoms with Crippen LogP contribution in [0.5, 0.6) is 0 Å². The van der Waals surface area contributed by atoms with Gasteiger partial charge in [0, 0.05) is 6.42 Å². The number of anilines is 1. The molecular formula is C12H12FN7O. The molecule has 0 unspecified atom stereocenters. The molecule has 3 aromatic rings. The summed E-state index contributed by atoms with van der Waals surface area (Å²) in [5.41, 5.74) is 0.902. The van der Waals surface area contributed by atoms with Crippen molar-refractivity contribution in [1.82, 2.24) is 30.3 Å². The van der Waals surface area contributed by atoms with Crippen LogP contribution in [0.4, 0.5) is 10.4 Å². The molecule has 0 fully saturated rings. The van der Waals surface area contributed by atoms with Gasteiger partial charge in [-0.05, 0) is 22.9 Å². The van der Waals surface area contributed by atoms with Gasteiger partial charge in [-0.3, -0.25) is 0 Å². The van der Waals surface area contributed by atoms with E-state index < -0.39 is 0 Å². The Bertz CT molecular complexity index is 721. The molecule has 0 spiro atoms. The van der Waals surface area contributed by atoms with Crippen LogP contribution >= 0.6 is 0 Å². The zero-order chi connectivity index (χ0) is 14.7. The molecule has 0 aliphatic heterocycles. The van der Waals surface area contributed by atoms with Gasteiger partial charge < -0.3 is 9.84 Å². The van der Waals surface area contributed by atoms with Gasteiger partial charge in [0.2, 0.25) is 0 Å². The van der Waals surface area contributed by atoms with Crippen molar-refractivity contribution in [3.63, 3.8) is 0 Å². The first-order chi connectivity index (χ1) is 10.2. The van der Waals surface area contributed by atoms with Gasteiger partial charge in [-0.25, -0.2) is 4.39 Å². The van der Waals surface area contributed by atoms with Crippen LogP contribution < -0.4 is 5.32 Å². The fraction of sp³-hybridized carbons (Fsp3) is 0.250. The van der Waals surface area contributed by atoms with Crippen molar-refractivity contribution in [2.45, 2.75) is 13.0 Å². The molecular weight excluding hydrogens is 277 g/mol. The van der Waals surface area contributed by atoms with E-state index in [9.17, 15) is 4.39 Å². The minimum atomic E-state index is -0.273. The average molecular weight is 289 g/mol. The highest BCUT2D eigenvalue weighted by Gasteiger charge is 2.08. The van der Waals surface area contributed by atoms with E-state index in [4.69, 9.17) is 4.52 Å². The summed E-state index contributed by atoms with van der Waals surface area (Å²) in [5.74, 6) is 0.762. The number of hydrogen-bond acceptors (Lipinski definition) is 7. The summed E-state index contributed by atoms with van der Waals surface area (Å²) >= 11 is 0. The molecule has 1 aromatic carbocycles. The quantitative estimate of drug-likeness (QED) is 0.746. The summed E-state index contributed by atoms with van der Waals surface area (Å²) < 4.78 is 17.9. The molecule has 0 aliphatic carbocycles. The molecule has 21 heavy (non-hydrogen) atoms. The van der Waals surface area contributed by atoms with E-state index in [0.717, 1.165) is 5.56 Å². The normalized spacial score (nSPS) is 10.8. The minimum Gasteiger partial charge on any atom is -0.330 e. The van der Waals surface area contributed by atoms with Crippen LogP contribution in [0.15, 0.2) is 28.8 Å². The van der Waals surface area contributed by atoms with Gasteiger partial charge in [0.25, 0.3) is 0 Å². The molecule has 8 nitrogen and oxygen atoms in total. The summed E-state index contributed by atoms with van der Waals surface area (Å²) in [4.78, 5) is 5.55. The Morgan fingerprint density at radius 2 is 2.05 bits per heavy atom. The van der Waals surface area contributed by atoms with Crippen molar-refractivity contribution in [2.75, 3.05) is 5.32 Å². The second kappa shape index (κ2) is 5.65. The zero-order valence-electron chi connectivity index (χ0n) is 11.2. The standard InChI is InChI=1S/C12H12FN7O/c1-20-17-11(16-19-20)7-14-12-15-10(18-21-12)6-8-2-4-9(13)5-3-8/h2-5H,6-7H2,1H3,(H,14,15,18). The number of halogens is 1. The van der Waals surface area contributed by atoms with E-state index >= 15 is 0 Å². The average Bonchev–Trinajstić information content (AvgIpc) is 3.08. The number of benzene rings is 1. The van der Waals surface area contributed by atoms with Gasteiger partial charge in [-0.2, -0.15) is 9.78 Å². The summed E-state index contributed by atoms with van der Waals surface area (Å²) in [5, 5.41) is 18.3. The number of tetrazole rings is 1. The molecule has 108 valence electrons. The maximum atomic E-state index is 12.8. The Morgan fingerprint density at radius 1 is 1.24 bits per heavy atom. The molecule has 0 saturated carbocycles. The summed E-state index contributed by atoms with van der Waals surface area (Å²) in [6.45, 7) is 0.339. The van der Waals surface area contributed by atoms with E-state index in [-0.39, 0.29) is 11.8 Å². The van der Waals surface area contributed by atoms with Gasteiger partial charge in [-0.1, -0.05) is 17.3 Å². The van der Waals surface area contributed by atoms with Gasteiger partial charge >= 0.3 is 6.01 Å². The molecule has 0 amide bonds. The smallest absolute Gasteiger partial charge is 0.321 e. The maximum absolute atomic E-state index is 12.8. The highest BCUT2D eigenvalue weighted by Crippen LogP contribution is 2.10. The number of aryl methyl sites for hydroxylation is 1. The predicted octanol–water partition coefficient (Wildman–Crippen LogP) is 0.935. The fourth-order valence-electron chi connectivity index (χ4n) is 1.73. The lowest BCUT2D eigenvalue weighted by atomic mass is 10.1. The van der Waals surface area contributed by atoms with Crippen LogP contribution in [0.2, 0.25) is 0 Å². The predicted molar refractivity (Wildman–Crippen MR) is 69.6 cm³/mol. The lowest BCUT2D eigenvalue weighted by molar-refractivity contribution is 0.423. The molecule has 0 atom stereocenters. The third kappa shape index (κ3) is 3.38. The van der Waals surface area contributed by atoms with Crippen molar-refractivity contribution in [3.8, 4) is 0 Å². The summed E-state index contributed by atoms with van der Waals surface area (Å²) in [6.07, 6.45) is 0.467. The topological polar surface area (TPSA) is 94.6 Å². The van der Waals surface area contributed by atoms with Crippen molar-refractivity contribution in [1.29, 1.82) is 0 Å². The zero-order valence-corrected chi connectivity index (χ0v) is 11.2. The highest BCUT2D eigenvalue weighted by atomic mass is 19.1. The minimum absolute atomic E-state index is 0.273. The number of aromatic nitrogens is 6. The van der Waals surface area contributed by atoms with Crippen LogP contribution in [-0.4, -0.2) is 30.3 Å². The van der Waals surface area contributed by atoms with E-state index in [1.54, 1.807) is 19.2 Å². The number of nitrogens with one attached hydrogen (secondary N) is 1. The van der Waals surface area contributed by atoms with Crippen LogP contribution in [0, 0.1) is 5.82 Å². The van der Waals surface area contributed by atoms with E-state index in [0.29, 0.717) is 24.6 Å². The molecule has 0 radical (unpaired) electrons. The number of hydrogen-bond donors (Lipinski definition) is 1. The molecule has 0 bridgehead atoms. The molecule has 1 N–H and O–H groups in total. The molecule has 2 heterocycles. The van der Waals surface area contributed by atoms with Crippen LogP contribution in [0.25, 0.3) is 0 Å². The Labute approximate surface area is 119 Å². The van der Waals surface area contributed by atoms with Crippen molar-refractivity contribution in [3.05, 3.63) is 47.3 Å². The van der Waals surface area contributed by atoms with E-state index in [1.807, 2.05) is 0 Å². The SMILES string of the molecule is Cn1nnc(CNc2nc(Cc3ccc(F)cc3)no2)n1. The summed E-state index contributed by atoms with van der Waals surface area (Å²) in [7, 11) is 1.68. The Morgan fingerprint density at radius 3 is 2.76 bits per heavy atom.